The maximum absolute atomic E-state index is 6.21. The number of hydrogen-bond donors (Lipinski definition) is 1. The number of anilines is 1. The minimum atomic E-state index is 0.355. The van der Waals surface area contributed by atoms with Gasteiger partial charge in [0.1, 0.15) is 12.4 Å². The molecule has 0 aliphatic carbocycles. The van der Waals surface area contributed by atoms with Crippen molar-refractivity contribution in [2.45, 2.75) is 20.1 Å². The van der Waals surface area contributed by atoms with Crippen molar-refractivity contribution in [2.75, 3.05) is 5.32 Å². The molecule has 0 aromatic heterocycles. The van der Waals surface area contributed by atoms with Gasteiger partial charge < -0.3 is 10.1 Å². The van der Waals surface area contributed by atoms with Gasteiger partial charge >= 0.3 is 0 Å². The second-order valence-corrected chi connectivity index (χ2v) is 8.69. The van der Waals surface area contributed by atoms with Crippen LogP contribution in [0.3, 0.4) is 0 Å². The Labute approximate surface area is 186 Å². The molecule has 3 aromatic carbocycles. The van der Waals surface area contributed by atoms with E-state index in [1.807, 2.05) is 24.3 Å². The monoisotopic (exact) mass is 527 g/mol. The van der Waals surface area contributed by atoms with Gasteiger partial charge in [-0.15, -0.1) is 0 Å². The Morgan fingerprint density at radius 2 is 1.70 bits per heavy atom. The van der Waals surface area contributed by atoms with E-state index in [0.29, 0.717) is 23.2 Å². The normalized spacial score (nSPS) is 10.7. The molecule has 0 amide bonds. The first kappa shape index (κ1) is 20.5. The van der Waals surface area contributed by atoms with Gasteiger partial charge in [0.25, 0.3) is 0 Å². The van der Waals surface area contributed by atoms with Crippen LogP contribution in [0.2, 0.25) is 10.0 Å². The third-order valence-corrected chi connectivity index (χ3v) is 5.72. The molecular weight excluding hydrogens is 513 g/mol. The number of benzene rings is 3. The average Bonchev–Trinajstić information content (AvgIpc) is 2.61. The molecule has 6 heteroatoms. The Hall–Kier alpha value is -1.20. The molecule has 3 aromatic rings. The van der Waals surface area contributed by atoms with Crippen LogP contribution in [0.4, 0.5) is 5.69 Å². The van der Waals surface area contributed by atoms with E-state index in [9.17, 15) is 0 Å². The maximum Gasteiger partial charge on any atom is 0.148 e. The molecule has 0 spiro atoms. The lowest BCUT2D eigenvalue weighted by Crippen LogP contribution is -2.02. The van der Waals surface area contributed by atoms with Crippen molar-refractivity contribution >= 4 is 60.7 Å². The van der Waals surface area contributed by atoms with E-state index in [-0.39, 0.29) is 0 Å². The summed E-state index contributed by atoms with van der Waals surface area (Å²) in [6, 6.07) is 17.8. The van der Waals surface area contributed by atoms with Crippen LogP contribution in [0.5, 0.6) is 5.75 Å². The lowest BCUT2D eigenvalue weighted by molar-refractivity contribution is 0.302. The maximum atomic E-state index is 6.21. The van der Waals surface area contributed by atoms with E-state index < -0.39 is 0 Å². The van der Waals surface area contributed by atoms with Crippen LogP contribution in [0.15, 0.2) is 63.5 Å². The lowest BCUT2D eigenvalue weighted by Gasteiger charge is -2.14. The number of ether oxygens (including phenoxy) is 1. The van der Waals surface area contributed by atoms with Gasteiger partial charge in [-0.2, -0.15) is 0 Å². The zero-order valence-electron chi connectivity index (χ0n) is 14.5. The minimum Gasteiger partial charge on any atom is -0.486 e. The first-order valence-electron chi connectivity index (χ1n) is 8.27. The second kappa shape index (κ2) is 9.33. The molecule has 0 unspecified atom stereocenters. The third kappa shape index (κ3) is 5.64. The summed E-state index contributed by atoms with van der Waals surface area (Å²) in [5.74, 6) is 0.736. The number of rotatable bonds is 6. The molecule has 0 atom stereocenters. The second-order valence-electron chi connectivity index (χ2n) is 6.14. The molecule has 2 nitrogen and oxygen atoms in total. The van der Waals surface area contributed by atoms with Crippen LogP contribution in [-0.4, -0.2) is 0 Å². The fourth-order valence-electron chi connectivity index (χ4n) is 2.60. The number of aryl methyl sites for hydroxylation is 1. The largest absolute Gasteiger partial charge is 0.486 e. The summed E-state index contributed by atoms with van der Waals surface area (Å²) in [7, 11) is 0. The van der Waals surface area contributed by atoms with Gasteiger partial charge in [0, 0.05) is 27.8 Å². The average molecular weight is 530 g/mol. The number of hydrogen-bond acceptors (Lipinski definition) is 2. The quantitative estimate of drug-likeness (QED) is 0.349. The zero-order chi connectivity index (χ0) is 19.4. The van der Waals surface area contributed by atoms with Crippen LogP contribution in [0.25, 0.3) is 0 Å². The predicted octanol–water partition coefficient (Wildman–Crippen LogP) is 8.02. The molecule has 1 N–H and O–H groups in total. The molecule has 0 radical (unpaired) electrons. The molecule has 0 heterocycles. The summed E-state index contributed by atoms with van der Waals surface area (Å²) in [4.78, 5) is 0. The van der Waals surface area contributed by atoms with Crippen LogP contribution in [-0.2, 0) is 13.2 Å². The van der Waals surface area contributed by atoms with Gasteiger partial charge in [0.05, 0.1) is 8.95 Å². The highest BCUT2D eigenvalue weighted by Crippen LogP contribution is 2.36. The molecular formula is C21H17Br2Cl2NO. The Balaban J connectivity index is 1.69. The molecule has 0 fully saturated rings. The molecule has 0 saturated heterocycles. The Morgan fingerprint density at radius 1 is 0.963 bits per heavy atom. The fourth-order valence-corrected chi connectivity index (χ4v) is 4.57. The van der Waals surface area contributed by atoms with Gasteiger partial charge in [-0.1, -0.05) is 41.4 Å². The van der Waals surface area contributed by atoms with Gasteiger partial charge in [0.2, 0.25) is 0 Å². The van der Waals surface area contributed by atoms with Crippen molar-refractivity contribution in [3.63, 3.8) is 0 Å². The highest BCUT2D eigenvalue weighted by atomic mass is 79.9. The summed E-state index contributed by atoms with van der Waals surface area (Å²) >= 11 is 19.4. The number of nitrogens with one attached hydrogen (secondary N) is 1. The van der Waals surface area contributed by atoms with Crippen LogP contribution in [0, 0.1) is 6.92 Å². The zero-order valence-corrected chi connectivity index (χ0v) is 19.2. The molecule has 140 valence electrons. The highest BCUT2D eigenvalue weighted by molar-refractivity contribution is 9.11. The summed E-state index contributed by atoms with van der Waals surface area (Å²) in [6.07, 6.45) is 0. The third-order valence-electron chi connectivity index (χ3n) is 3.96. The molecule has 0 saturated carbocycles. The van der Waals surface area contributed by atoms with Gasteiger partial charge in [-0.3, -0.25) is 0 Å². The van der Waals surface area contributed by atoms with Crippen LogP contribution in [0.1, 0.15) is 16.7 Å². The van der Waals surface area contributed by atoms with Crippen molar-refractivity contribution in [1.29, 1.82) is 0 Å². The van der Waals surface area contributed by atoms with E-state index in [1.54, 1.807) is 12.1 Å². The van der Waals surface area contributed by atoms with E-state index in [1.165, 1.54) is 5.56 Å². The highest BCUT2D eigenvalue weighted by Gasteiger charge is 2.11. The molecule has 0 bridgehead atoms. The Morgan fingerprint density at radius 3 is 2.37 bits per heavy atom. The first-order chi connectivity index (χ1) is 12.9. The van der Waals surface area contributed by atoms with Crippen LogP contribution >= 0.6 is 55.1 Å². The Bertz CT molecular complexity index is 940. The van der Waals surface area contributed by atoms with Crippen LogP contribution < -0.4 is 10.1 Å². The first-order valence-corrected chi connectivity index (χ1v) is 10.6. The van der Waals surface area contributed by atoms with Crippen molar-refractivity contribution in [1.82, 2.24) is 0 Å². The van der Waals surface area contributed by atoms with Gasteiger partial charge in [-0.25, -0.2) is 0 Å². The molecule has 27 heavy (non-hydrogen) atoms. The summed E-state index contributed by atoms with van der Waals surface area (Å²) in [5, 5.41) is 4.63. The van der Waals surface area contributed by atoms with E-state index >= 15 is 0 Å². The molecule has 0 aliphatic heterocycles. The summed E-state index contributed by atoms with van der Waals surface area (Å²) in [5.41, 5.74) is 4.34. The summed E-state index contributed by atoms with van der Waals surface area (Å²) in [6.45, 7) is 3.15. The predicted molar refractivity (Wildman–Crippen MR) is 121 cm³/mol. The lowest BCUT2D eigenvalue weighted by atomic mass is 10.2. The fraction of sp³-hybridized carbons (Fsp3) is 0.143. The van der Waals surface area contributed by atoms with E-state index in [4.69, 9.17) is 27.9 Å². The van der Waals surface area contributed by atoms with E-state index in [2.05, 4.69) is 62.3 Å². The van der Waals surface area contributed by atoms with Crippen molar-refractivity contribution in [3.8, 4) is 5.75 Å². The summed E-state index contributed by atoms with van der Waals surface area (Å²) < 4.78 is 7.72. The van der Waals surface area contributed by atoms with Crippen molar-refractivity contribution in [2.24, 2.45) is 0 Å². The van der Waals surface area contributed by atoms with Crippen molar-refractivity contribution in [3.05, 3.63) is 90.3 Å². The Kier molecular flexibility index (Phi) is 7.10. The number of halogens is 4. The van der Waals surface area contributed by atoms with Gasteiger partial charge in [-0.05, 0) is 86.3 Å². The SMILES string of the molecule is Cc1cccc(NCc2cc(Br)c(OCc3ccc(Cl)cc3Cl)c(Br)c2)c1. The molecule has 3 rings (SSSR count). The van der Waals surface area contributed by atoms with Crippen molar-refractivity contribution < 1.29 is 4.74 Å². The topological polar surface area (TPSA) is 21.3 Å². The van der Waals surface area contributed by atoms with E-state index in [0.717, 1.165) is 31.5 Å². The van der Waals surface area contributed by atoms with Gasteiger partial charge in [0.15, 0.2) is 0 Å². The smallest absolute Gasteiger partial charge is 0.148 e. The minimum absolute atomic E-state index is 0.355. The standard InChI is InChI=1S/C21H17Br2Cl2NO/c1-13-3-2-4-17(7-13)26-11-14-8-18(22)21(19(23)9-14)27-12-15-5-6-16(24)10-20(15)25/h2-10,26H,11-12H2,1H3. The molecule has 0 aliphatic rings.